The molecule has 1 amide bonds. The number of nitrogens with two attached hydrogens (primary N) is 1. The van der Waals surface area contributed by atoms with E-state index in [4.69, 9.17) is 10.5 Å². The van der Waals surface area contributed by atoms with Crippen LogP contribution in [0.4, 0.5) is 0 Å². The molecule has 0 bridgehead atoms. The smallest absolute Gasteiger partial charge is 0.255 e. The van der Waals surface area contributed by atoms with Gasteiger partial charge in [-0.3, -0.25) is 4.79 Å². The summed E-state index contributed by atoms with van der Waals surface area (Å²) in [7, 11) is 0. The third-order valence-electron chi connectivity index (χ3n) is 2.31. The summed E-state index contributed by atoms with van der Waals surface area (Å²) in [5.74, 6) is 0.730. The Labute approximate surface area is 109 Å². The molecule has 2 rings (SSSR count). The zero-order valence-corrected chi connectivity index (χ0v) is 10.2. The Morgan fingerprint density at radius 3 is 2.74 bits per heavy atom. The van der Waals surface area contributed by atoms with Crippen LogP contribution in [0.1, 0.15) is 11.4 Å². The van der Waals surface area contributed by atoms with Gasteiger partial charge in [0, 0.05) is 6.54 Å². The van der Waals surface area contributed by atoms with Crippen LogP contribution in [0.25, 0.3) is 0 Å². The number of carbonyl (C=O) groups is 1. The number of primary amides is 1. The molecule has 4 N–H and O–H groups in total. The van der Waals surface area contributed by atoms with Crippen LogP contribution in [0.5, 0.6) is 5.75 Å². The van der Waals surface area contributed by atoms with Gasteiger partial charge in [0.05, 0.1) is 6.54 Å². The van der Waals surface area contributed by atoms with Gasteiger partial charge in [-0.05, 0) is 17.7 Å². The van der Waals surface area contributed by atoms with Crippen molar-refractivity contribution in [3.8, 4) is 5.75 Å². The number of carbonyl (C=O) groups excluding carboxylic acids is 1. The lowest BCUT2D eigenvalue weighted by Gasteiger charge is -2.05. The summed E-state index contributed by atoms with van der Waals surface area (Å²) < 4.78 is 5.16. The van der Waals surface area contributed by atoms with Crippen molar-refractivity contribution < 1.29 is 9.53 Å². The number of nitrogens with one attached hydrogen (secondary N) is 2. The van der Waals surface area contributed by atoms with Crippen LogP contribution >= 0.6 is 0 Å². The standard InChI is InChI=1S/C11H14N6O2/c12-10(18)7-19-9-3-1-8(2-4-9)5-13-6-11-14-16-17-15-11/h1-4,13H,5-7H2,(H2,12,18)(H,14,15,16,17). The van der Waals surface area contributed by atoms with Crippen molar-refractivity contribution in [3.05, 3.63) is 35.7 Å². The minimum absolute atomic E-state index is 0.116. The Balaban J connectivity index is 1.76. The highest BCUT2D eigenvalue weighted by molar-refractivity contribution is 5.75. The molecule has 0 fully saturated rings. The van der Waals surface area contributed by atoms with Crippen molar-refractivity contribution in [1.29, 1.82) is 0 Å². The van der Waals surface area contributed by atoms with Crippen molar-refractivity contribution in [2.75, 3.05) is 6.61 Å². The number of H-pyrrole nitrogens is 1. The fourth-order valence-electron chi connectivity index (χ4n) is 1.43. The molecule has 19 heavy (non-hydrogen) atoms. The van der Waals surface area contributed by atoms with E-state index >= 15 is 0 Å². The van der Waals surface area contributed by atoms with E-state index < -0.39 is 5.91 Å². The molecule has 0 unspecified atom stereocenters. The summed E-state index contributed by atoms with van der Waals surface area (Å²) >= 11 is 0. The molecule has 0 atom stereocenters. The maximum Gasteiger partial charge on any atom is 0.255 e. The van der Waals surface area contributed by atoms with Gasteiger partial charge in [0.25, 0.3) is 5.91 Å². The summed E-state index contributed by atoms with van der Waals surface area (Å²) in [4.78, 5) is 10.6. The Morgan fingerprint density at radius 2 is 2.11 bits per heavy atom. The molecule has 1 heterocycles. The quantitative estimate of drug-likeness (QED) is 0.610. The normalized spacial score (nSPS) is 10.3. The maximum absolute atomic E-state index is 10.6. The Morgan fingerprint density at radius 1 is 1.32 bits per heavy atom. The van der Waals surface area contributed by atoms with E-state index in [2.05, 4.69) is 25.9 Å². The van der Waals surface area contributed by atoms with E-state index in [1.54, 1.807) is 12.1 Å². The molecule has 1 aromatic carbocycles. The van der Waals surface area contributed by atoms with E-state index in [1.807, 2.05) is 12.1 Å². The summed E-state index contributed by atoms with van der Waals surface area (Å²) in [6.45, 7) is 1.09. The third kappa shape index (κ3) is 4.36. The van der Waals surface area contributed by atoms with Gasteiger partial charge in [-0.1, -0.05) is 17.3 Å². The Hall–Kier alpha value is -2.48. The van der Waals surface area contributed by atoms with Crippen LogP contribution in [0, 0.1) is 0 Å². The molecule has 0 aliphatic rings. The van der Waals surface area contributed by atoms with E-state index in [-0.39, 0.29) is 6.61 Å². The summed E-state index contributed by atoms with van der Waals surface area (Å²) in [5, 5.41) is 16.7. The van der Waals surface area contributed by atoms with Gasteiger partial charge in [0.15, 0.2) is 12.4 Å². The Bertz CT molecular complexity index is 510. The van der Waals surface area contributed by atoms with E-state index in [0.717, 1.165) is 5.56 Å². The highest BCUT2D eigenvalue weighted by Gasteiger charge is 2.00. The minimum Gasteiger partial charge on any atom is -0.484 e. The molecule has 0 spiro atoms. The van der Waals surface area contributed by atoms with Crippen LogP contribution in [0.2, 0.25) is 0 Å². The lowest BCUT2D eigenvalue weighted by Crippen LogP contribution is -2.20. The van der Waals surface area contributed by atoms with Gasteiger partial charge in [-0.2, -0.15) is 5.21 Å². The molecule has 100 valence electrons. The van der Waals surface area contributed by atoms with Gasteiger partial charge in [0.2, 0.25) is 0 Å². The van der Waals surface area contributed by atoms with Gasteiger partial charge in [-0.25, -0.2) is 0 Å². The number of rotatable bonds is 7. The monoisotopic (exact) mass is 262 g/mol. The third-order valence-corrected chi connectivity index (χ3v) is 2.31. The molecule has 8 nitrogen and oxygen atoms in total. The lowest BCUT2D eigenvalue weighted by atomic mass is 10.2. The van der Waals surface area contributed by atoms with Gasteiger partial charge in [-0.15, -0.1) is 10.2 Å². The number of nitrogens with zero attached hydrogens (tertiary/aromatic N) is 3. The summed E-state index contributed by atoms with van der Waals surface area (Å²) in [6.07, 6.45) is 0. The van der Waals surface area contributed by atoms with E-state index in [9.17, 15) is 4.79 Å². The number of amides is 1. The number of aromatic amines is 1. The molecular weight excluding hydrogens is 248 g/mol. The number of ether oxygens (including phenoxy) is 1. The van der Waals surface area contributed by atoms with Gasteiger partial charge >= 0.3 is 0 Å². The predicted molar refractivity (Wildman–Crippen MR) is 65.9 cm³/mol. The van der Waals surface area contributed by atoms with Crippen LogP contribution in [-0.4, -0.2) is 33.1 Å². The first-order chi connectivity index (χ1) is 9.24. The molecule has 0 radical (unpaired) electrons. The van der Waals surface area contributed by atoms with Crippen molar-refractivity contribution in [3.63, 3.8) is 0 Å². The second-order valence-corrected chi connectivity index (χ2v) is 3.83. The zero-order chi connectivity index (χ0) is 13.5. The second kappa shape index (κ2) is 6.45. The van der Waals surface area contributed by atoms with Crippen LogP contribution < -0.4 is 15.8 Å². The first-order valence-corrected chi connectivity index (χ1v) is 5.67. The van der Waals surface area contributed by atoms with Crippen LogP contribution in [0.15, 0.2) is 24.3 Å². The number of benzene rings is 1. The molecule has 0 saturated carbocycles. The first-order valence-electron chi connectivity index (χ1n) is 5.67. The zero-order valence-electron chi connectivity index (χ0n) is 10.2. The average molecular weight is 262 g/mol. The number of aromatic nitrogens is 4. The molecule has 2 aromatic rings. The number of hydrogen-bond donors (Lipinski definition) is 3. The van der Waals surface area contributed by atoms with Crippen LogP contribution in [-0.2, 0) is 17.9 Å². The number of tetrazole rings is 1. The molecular formula is C11H14N6O2. The summed E-state index contributed by atoms with van der Waals surface area (Å²) in [6, 6.07) is 7.38. The fraction of sp³-hybridized carbons (Fsp3) is 0.273. The number of hydrogen-bond acceptors (Lipinski definition) is 6. The largest absolute Gasteiger partial charge is 0.484 e. The average Bonchev–Trinajstić information content (AvgIpc) is 2.91. The SMILES string of the molecule is NC(=O)COc1ccc(CNCc2nn[nH]n2)cc1. The van der Waals surface area contributed by atoms with E-state index in [0.29, 0.717) is 24.7 Å². The molecule has 0 saturated heterocycles. The molecule has 0 aliphatic heterocycles. The maximum atomic E-state index is 10.6. The van der Waals surface area contributed by atoms with Crippen molar-refractivity contribution in [2.24, 2.45) is 5.73 Å². The summed E-state index contributed by atoms with van der Waals surface area (Å²) in [5.41, 5.74) is 6.07. The van der Waals surface area contributed by atoms with Gasteiger partial charge in [0.1, 0.15) is 5.75 Å². The van der Waals surface area contributed by atoms with Crippen molar-refractivity contribution >= 4 is 5.91 Å². The van der Waals surface area contributed by atoms with Crippen LogP contribution in [0.3, 0.4) is 0 Å². The highest BCUT2D eigenvalue weighted by Crippen LogP contribution is 2.11. The highest BCUT2D eigenvalue weighted by atomic mass is 16.5. The first kappa shape index (κ1) is 13.0. The van der Waals surface area contributed by atoms with Gasteiger partial charge < -0.3 is 15.8 Å². The van der Waals surface area contributed by atoms with E-state index in [1.165, 1.54) is 0 Å². The predicted octanol–water partition coefficient (Wildman–Crippen LogP) is -0.646. The minimum atomic E-state index is -0.495. The van der Waals surface area contributed by atoms with Crippen molar-refractivity contribution in [2.45, 2.75) is 13.1 Å². The molecule has 8 heteroatoms. The van der Waals surface area contributed by atoms with Crippen molar-refractivity contribution in [1.82, 2.24) is 25.9 Å². The second-order valence-electron chi connectivity index (χ2n) is 3.83. The Kier molecular flexibility index (Phi) is 4.40. The fourth-order valence-corrected chi connectivity index (χ4v) is 1.43. The topological polar surface area (TPSA) is 119 Å². The molecule has 0 aliphatic carbocycles. The lowest BCUT2D eigenvalue weighted by molar-refractivity contribution is -0.119. The molecule has 1 aromatic heterocycles.